The van der Waals surface area contributed by atoms with Crippen molar-refractivity contribution >= 4 is 39.6 Å². The van der Waals surface area contributed by atoms with E-state index in [1.165, 1.54) is 2.88 Å². The number of thiazole rings is 1. The van der Waals surface area contributed by atoms with E-state index in [-0.39, 0.29) is 6.61 Å². The van der Waals surface area contributed by atoms with Gasteiger partial charge in [0.25, 0.3) is 0 Å². The van der Waals surface area contributed by atoms with Gasteiger partial charge in [-0.25, -0.2) is 4.98 Å². The fraction of sp³-hybridized carbons (Fsp3) is 0.167. The van der Waals surface area contributed by atoms with Crippen LogP contribution in [-0.2, 0) is 6.54 Å². The van der Waals surface area contributed by atoms with Crippen molar-refractivity contribution in [3.8, 4) is 11.8 Å². The number of ether oxygens (including phenoxy) is 1. The molecule has 0 bridgehead atoms. The van der Waals surface area contributed by atoms with E-state index in [9.17, 15) is 0 Å². The molecule has 0 radical (unpaired) electrons. The lowest BCUT2D eigenvalue weighted by molar-refractivity contribution is 0.368. The molecule has 1 heterocycles. The second-order valence-corrected chi connectivity index (χ2v) is 6.40. The van der Waals surface area contributed by atoms with Crippen molar-refractivity contribution in [1.29, 1.82) is 5.26 Å². The number of nitrogens with one attached hydrogen (secondary N) is 1. The van der Waals surface area contributed by atoms with Crippen LogP contribution in [0, 0.1) is 14.2 Å². The van der Waals surface area contributed by atoms with Gasteiger partial charge in [0.1, 0.15) is 16.8 Å². The molecule has 0 atom stereocenters. The summed E-state index contributed by atoms with van der Waals surface area (Å²) in [7, 11) is 0. The first-order valence-electron chi connectivity index (χ1n) is 5.22. The molecule has 0 saturated heterocycles. The first-order chi connectivity index (χ1) is 8.78. The summed E-state index contributed by atoms with van der Waals surface area (Å²) >= 11 is 3.92. The molecule has 6 heteroatoms. The van der Waals surface area contributed by atoms with Crippen molar-refractivity contribution < 1.29 is 4.74 Å². The van der Waals surface area contributed by atoms with E-state index >= 15 is 0 Å². The maximum absolute atomic E-state index is 8.45. The van der Waals surface area contributed by atoms with Crippen LogP contribution in [0.5, 0.6) is 5.75 Å². The van der Waals surface area contributed by atoms with Crippen LogP contribution in [0.15, 0.2) is 30.5 Å². The van der Waals surface area contributed by atoms with Gasteiger partial charge in [0.15, 0.2) is 6.61 Å². The lowest BCUT2D eigenvalue weighted by atomic mass is 10.3. The topological polar surface area (TPSA) is 57.9 Å². The molecule has 0 spiro atoms. The highest BCUT2D eigenvalue weighted by atomic mass is 127. The SMILES string of the molecule is N#CCOc1cccc(NCc2ncc(I)s2)c1. The van der Waals surface area contributed by atoms with E-state index in [0.29, 0.717) is 12.3 Å². The van der Waals surface area contributed by atoms with Gasteiger partial charge < -0.3 is 10.1 Å². The van der Waals surface area contributed by atoms with Crippen LogP contribution in [-0.4, -0.2) is 11.6 Å². The third-order valence-electron chi connectivity index (χ3n) is 2.11. The molecule has 1 aromatic carbocycles. The van der Waals surface area contributed by atoms with E-state index in [1.807, 2.05) is 36.5 Å². The number of aromatic nitrogens is 1. The quantitative estimate of drug-likeness (QED) is 0.820. The van der Waals surface area contributed by atoms with Crippen molar-refractivity contribution in [2.75, 3.05) is 11.9 Å². The van der Waals surface area contributed by atoms with Crippen LogP contribution in [0.3, 0.4) is 0 Å². The predicted molar refractivity (Wildman–Crippen MR) is 79.7 cm³/mol. The molecule has 1 N–H and O–H groups in total. The van der Waals surface area contributed by atoms with E-state index in [2.05, 4.69) is 32.9 Å². The average Bonchev–Trinajstić information content (AvgIpc) is 2.80. The van der Waals surface area contributed by atoms with Gasteiger partial charge in [-0.05, 0) is 34.7 Å². The van der Waals surface area contributed by atoms with Crippen molar-refractivity contribution in [3.05, 3.63) is 38.4 Å². The average molecular weight is 371 g/mol. The van der Waals surface area contributed by atoms with Gasteiger partial charge in [0.2, 0.25) is 0 Å². The van der Waals surface area contributed by atoms with E-state index in [0.717, 1.165) is 10.7 Å². The minimum absolute atomic E-state index is 0.0636. The Balaban J connectivity index is 1.95. The Morgan fingerprint density at radius 2 is 2.39 bits per heavy atom. The van der Waals surface area contributed by atoms with Gasteiger partial charge >= 0.3 is 0 Å². The molecule has 0 aliphatic heterocycles. The second kappa shape index (κ2) is 6.56. The van der Waals surface area contributed by atoms with Crippen molar-refractivity contribution in [3.63, 3.8) is 0 Å². The zero-order valence-electron chi connectivity index (χ0n) is 9.39. The molecular formula is C12H10IN3OS. The second-order valence-electron chi connectivity index (χ2n) is 3.39. The first kappa shape index (κ1) is 13.1. The molecule has 2 rings (SSSR count). The van der Waals surface area contributed by atoms with Gasteiger partial charge in [-0.15, -0.1) is 11.3 Å². The zero-order chi connectivity index (χ0) is 12.8. The summed E-state index contributed by atoms with van der Waals surface area (Å²) in [5, 5.41) is 12.8. The van der Waals surface area contributed by atoms with Gasteiger partial charge in [-0.2, -0.15) is 5.26 Å². The summed E-state index contributed by atoms with van der Waals surface area (Å²) in [6.45, 7) is 0.753. The largest absolute Gasteiger partial charge is 0.479 e. The summed E-state index contributed by atoms with van der Waals surface area (Å²) < 4.78 is 6.41. The molecular weight excluding hydrogens is 361 g/mol. The normalized spacial score (nSPS) is 9.78. The monoisotopic (exact) mass is 371 g/mol. The van der Waals surface area contributed by atoms with E-state index in [1.54, 1.807) is 11.3 Å². The Bertz CT molecular complexity index is 564. The Morgan fingerprint density at radius 1 is 1.50 bits per heavy atom. The van der Waals surface area contributed by atoms with Gasteiger partial charge in [0, 0.05) is 11.8 Å². The van der Waals surface area contributed by atoms with Crippen molar-refractivity contribution in [2.45, 2.75) is 6.54 Å². The van der Waals surface area contributed by atoms with Crippen LogP contribution in [0.2, 0.25) is 0 Å². The standard InChI is InChI=1S/C12H10IN3OS/c13-11-7-16-12(18-11)8-15-9-2-1-3-10(6-9)17-5-4-14/h1-3,6-7,15H,5,8H2. The number of hydrogen-bond acceptors (Lipinski definition) is 5. The zero-order valence-corrected chi connectivity index (χ0v) is 12.4. The van der Waals surface area contributed by atoms with Gasteiger partial charge in [-0.1, -0.05) is 6.07 Å². The summed E-state index contributed by atoms with van der Waals surface area (Å²) in [6.07, 6.45) is 1.86. The lowest BCUT2D eigenvalue weighted by Crippen LogP contribution is -1.99. The molecule has 18 heavy (non-hydrogen) atoms. The van der Waals surface area contributed by atoms with Crippen LogP contribution in [0.4, 0.5) is 5.69 Å². The number of hydrogen-bond donors (Lipinski definition) is 1. The Labute approximate surface area is 123 Å². The third kappa shape index (κ3) is 3.85. The van der Waals surface area contributed by atoms with Crippen LogP contribution < -0.4 is 10.1 Å². The summed E-state index contributed by atoms with van der Waals surface area (Å²) in [5.74, 6) is 0.690. The Kier molecular flexibility index (Phi) is 4.78. The molecule has 0 aliphatic rings. The highest BCUT2D eigenvalue weighted by molar-refractivity contribution is 14.1. The molecule has 2 aromatic rings. The lowest BCUT2D eigenvalue weighted by Gasteiger charge is -2.06. The minimum atomic E-state index is 0.0636. The number of rotatable bonds is 5. The minimum Gasteiger partial charge on any atom is -0.479 e. The van der Waals surface area contributed by atoms with Crippen molar-refractivity contribution in [1.82, 2.24) is 4.98 Å². The maximum Gasteiger partial charge on any atom is 0.174 e. The number of nitriles is 1. The first-order valence-corrected chi connectivity index (χ1v) is 7.11. The summed E-state index contributed by atoms with van der Waals surface area (Å²) in [6, 6.07) is 9.49. The number of halogens is 1. The third-order valence-corrected chi connectivity index (χ3v) is 3.83. The van der Waals surface area contributed by atoms with Crippen molar-refractivity contribution in [2.24, 2.45) is 0 Å². The molecule has 0 amide bonds. The van der Waals surface area contributed by atoms with Gasteiger partial charge in [0.05, 0.1) is 15.6 Å². The number of nitrogens with zero attached hydrogens (tertiary/aromatic N) is 2. The van der Waals surface area contributed by atoms with E-state index in [4.69, 9.17) is 10.00 Å². The summed E-state index contributed by atoms with van der Waals surface area (Å²) in [4.78, 5) is 4.28. The molecule has 92 valence electrons. The molecule has 1 aromatic heterocycles. The number of benzene rings is 1. The molecule has 0 saturated carbocycles. The predicted octanol–water partition coefficient (Wildman–Crippen LogP) is 3.26. The molecule has 0 unspecified atom stereocenters. The molecule has 0 fully saturated rings. The fourth-order valence-corrected chi connectivity index (χ4v) is 2.84. The fourth-order valence-electron chi connectivity index (χ4n) is 1.36. The smallest absolute Gasteiger partial charge is 0.174 e. The highest BCUT2D eigenvalue weighted by Gasteiger charge is 2.00. The summed E-state index contributed by atoms with van der Waals surface area (Å²) in [5.41, 5.74) is 0.954. The molecule has 4 nitrogen and oxygen atoms in total. The maximum atomic E-state index is 8.45. The van der Waals surface area contributed by atoms with E-state index < -0.39 is 0 Å². The Hall–Kier alpha value is -1.33. The van der Waals surface area contributed by atoms with Crippen LogP contribution in [0.1, 0.15) is 5.01 Å². The van der Waals surface area contributed by atoms with Crippen LogP contribution >= 0.6 is 33.9 Å². The molecule has 0 aliphatic carbocycles. The van der Waals surface area contributed by atoms with Gasteiger partial charge in [-0.3, -0.25) is 0 Å². The Morgan fingerprint density at radius 3 is 3.11 bits per heavy atom. The highest BCUT2D eigenvalue weighted by Crippen LogP contribution is 2.19. The van der Waals surface area contributed by atoms with Crippen LogP contribution in [0.25, 0.3) is 0 Å². The number of anilines is 1.